The van der Waals surface area contributed by atoms with Crippen LogP contribution in [0.15, 0.2) is 29.6 Å². The highest BCUT2D eigenvalue weighted by Gasteiger charge is 2.14. The first-order chi connectivity index (χ1) is 11.6. The van der Waals surface area contributed by atoms with Crippen LogP contribution in [0.2, 0.25) is 0 Å². The maximum absolute atomic E-state index is 12.1. The zero-order valence-electron chi connectivity index (χ0n) is 13.9. The van der Waals surface area contributed by atoms with E-state index in [1.165, 1.54) is 11.3 Å². The first kappa shape index (κ1) is 17.8. The van der Waals surface area contributed by atoms with Gasteiger partial charge in [-0.05, 0) is 29.6 Å². The molecule has 1 atom stereocenters. The zero-order chi connectivity index (χ0) is 17.5. The average Bonchev–Trinajstić information content (AvgIpc) is 3.01. The maximum Gasteiger partial charge on any atom is 0.280 e. The Morgan fingerprint density at radius 3 is 2.71 bits per heavy atom. The van der Waals surface area contributed by atoms with E-state index in [-0.39, 0.29) is 5.91 Å². The number of rotatable bonds is 7. The van der Waals surface area contributed by atoms with Gasteiger partial charge in [-0.3, -0.25) is 4.79 Å². The first-order valence-electron chi connectivity index (χ1n) is 7.37. The summed E-state index contributed by atoms with van der Waals surface area (Å²) in [6.45, 7) is 0.973. The molecule has 0 saturated heterocycles. The van der Waals surface area contributed by atoms with Crippen LogP contribution in [0.25, 0.3) is 0 Å². The molecule has 0 saturated carbocycles. The summed E-state index contributed by atoms with van der Waals surface area (Å²) in [6, 6.07) is 9.47. The Hall–Kier alpha value is -2.56. The number of ether oxygens (including phenoxy) is 2. The van der Waals surface area contributed by atoms with Crippen LogP contribution >= 0.6 is 11.3 Å². The van der Waals surface area contributed by atoms with Crippen molar-refractivity contribution in [1.29, 1.82) is 5.26 Å². The van der Waals surface area contributed by atoms with Crippen molar-refractivity contribution in [2.24, 2.45) is 0 Å². The molecule has 0 aliphatic heterocycles. The summed E-state index contributed by atoms with van der Waals surface area (Å²) in [7, 11) is 5.13. The number of thiophene rings is 1. The highest BCUT2D eigenvalue weighted by molar-refractivity contribution is 7.14. The largest absolute Gasteiger partial charge is 0.493 e. The maximum atomic E-state index is 12.1. The van der Waals surface area contributed by atoms with Crippen LogP contribution in [0.4, 0.5) is 5.00 Å². The van der Waals surface area contributed by atoms with Gasteiger partial charge in [0, 0.05) is 5.56 Å². The molecule has 0 fully saturated rings. The van der Waals surface area contributed by atoms with Gasteiger partial charge in [-0.2, -0.15) is 5.26 Å². The SMILES string of the molecule is COc1ccc(C[NH+](C)CC(=O)Nc2sccc2C#N)cc1OC. The smallest absolute Gasteiger partial charge is 0.280 e. The number of nitrogens with zero attached hydrogens (tertiary/aromatic N) is 1. The monoisotopic (exact) mass is 346 g/mol. The van der Waals surface area contributed by atoms with Gasteiger partial charge in [0.2, 0.25) is 0 Å². The molecule has 1 heterocycles. The molecule has 126 valence electrons. The van der Waals surface area contributed by atoms with Crippen molar-refractivity contribution in [1.82, 2.24) is 0 Å². The van der Waals surface area contributed by atoms with Gasteiger partial charge < -0.3 is 19.7 Å². The minimum Gasteiger partial charge on any atom is -0.493 e. The van der Waals surface area contributed by atoms with Gasteiger partial charge in [0.25, 0.3) is 5.91 Å². The van der Waals surface area contributed by atoms with Gasteiger partial charge in [-0.25, -0.2) is 0 Å². The average molecular weight is 346 g/mol. The fourth-order valence-corrected chi connectivity index (χ4v) is 3.09. The van der Waals surface area contributed by atoms with Crippen LogP contribution in [-0.2, 0) is 11.3 Å². The van der Waals surface area contributed by atoms with Crippen molar-refractivity contribution >= 4 is 22.2 Å². The molecule has 24 heavy (non-hydrogen) atoms. The number of carbonyl (C=O) groups is 1. The van der Waals surface area contributed by atoms with Crippen LogP contribution in [0.1, 0.15) is 11.1 Å². The number of hydrogen-bond donors (Lipinski definition) is 2. The van der Waals surface area contributed by atoms with E-state index in [4.69, 9.17) is 14.7 Å². The van der Waals surface area contributed by atoms with Crippen molar-refractivity contribution in [3.63, 3.8) is 0 Å². The van der Waals surface area contributed by atoms with Gasteiger partial charge in [0.05, 0.1) is 26.8 Å². The van der Waals surface area contributed by atoms with Crippen molar-refractivity contribution in [3.05, 3.63) is 40.8 Å². The van der Waals surface area contributed by atoms with Crippen LogP contribution < -0.4 is 19.7 Å². The van der Waals surface area contributed by atoms with Gasteiger partial charge in [0.1, 0.15) is 17.6 Å². The lowest BCUT2D eigenvalue weighted by atomic mass is 10.2. The molecule has 2 aromatic rings. The number of anilines is 1. The Kier molecular flexibility index (Phi) is 6.18. The van der Waals surface area contributed by atoms with E-state index in [9.17, 15) is 4.79 Å². The lowest BCUT2D eigenvalue weighted by molar-refractivity contribution is -0.885. The van der Waals surface area contributed by atoms with Gasteiger partial charge in [0.15, 0.2) is 18.0 Å². The highest BCUT2D eigenvalue weighted by Crippen LogP contribution is 2.27. The second-order valence-electron chi connectivity index (χ2n) is 5.32. The lowest BCUT2D eigenvalue weighted by Crippen LogP contribution is -3.08. The predicted octanol–water partition coefficient (Wildman–Crippen LogP) is 1.29. The molecular formula is C17H20N3O3S+. The van der Waals surface area contributed by atoms with Crippen LogP contribution in [0, 0.1) is 11.3 Å². The summed E-state index contributed by atoms with van der Waals surface area (Å²) in [5.41, 5.74) is 1.54. The van der Waals surface area contributed by atoms with E-state index in [1.807, 2.05) is 25.2 Å². The number of quaternary nitrogens is 1. The molecule has 1 unspecified atom stereocenters. The van der Waals surface area contributed by atoms with Crippen molar-refractivity contribution in [3.8, 4) is 17.6 Å². The van der Waals surface area contributed by atoms with Gasteiger partial charge in [-0.1, -0.05) is 0 Å². The third-order valence-corrected chi connectivity index (χ3v) is 4.28. The molecule has 0 radical (unpaired) electrons. The second-order valence-corrected chi connectivity index (χ2v) is 6.24. The molecule has 1 aromatic heterocycles. The Balaban J connectivity index is 1.94. The first-order valence-corrected chi connectivity index (χ1v) is 8.25. The quantitative estimate of drug-likeness (QED) is 0.792. The minimum atomic E-state index is -0.119. The fraction of sp³-hybridized carbons (Fsp3) is 0.294. The normalized spacial score (nSPS) is 11.4. The molecule has 7 heteroatoms. The van der Waals surface area contributed by atoms with E-state index < -0.39 is 0 Å². The van der Waals surface area contributed by atoms with Crippen molar-refractivity contribution in [2.75, 3.05) is 33.1 Å². The van der Waals surface area contributed by atoms with E-state index in [0.29, 0.717) is 35.2 Å². The van der Waals surface area contributed by atoms with Crippen LogP contribution in [0.3, 0.4) is 0 Å². The fourth-order valence-electron chi connectivity index (χ4n) is 2.34. The molecule has 0 bridgehead atoms. The number of likely N-dealkylation sites (N-methyl/N-ethyl adjacent to an activating group) is 1. The van der Waals surface area contributed by atoms with Gasteiger partial charge in [-0.15, -0.1) is 11.3 Å². The number of nitriles is 1. The zero-order valence-corrected chi connectivity index (χ0v) is 14.7. The number of benzene rings is 1. The highest BCUT2D eigenvalue weighted by atomic mass is 32.1. The number of nitrogens with one attached hydrogen (secondary N) is 2. The number of methoxy groups -OCH3 is 2. The predicted molar refractivity (Wildman–Crippen MR) is 92.7 cm³/mol. The van der Waals surface area contributed by atoms with Crippen molar-refractivity contribution < 1.29 is 19.2 Å². The molecule has 6 nitrogen and oxygen atoms in total. The van der Waals surface area contributed by atoms with Crippen molar-refractivity contribution in [2.45, 2.75) is 6.54 Å². The number of hydrogen-bond acceptors (Lipinski definition) is 5. The topological polar surface area (TPSA) is 75.8 Å². The summed E-state index contributed by atoms with van der Waals surface area (Å²) in [6.07, 6.45) is 0. The third-order valence-electron chi connectivity index (χ3n) is 3.45. The van der Waals surface area contributed by atoms with E-state index in [1.54, 1.807) is 25.7 Å². The molecule has 0 aliphatic rings. The second kappa shape index (κ2) is 8.34. The summed E-state index contributed by atoms with van der Waals surface area (Å²) in [4.78, 5) is 13.1. The van der Waals surface area contributed by atoms with Crippen LogP contribution in [0.5, 0.6) is 11.5 Å². The number of carbonyl (C=O) groups excluding carboxylic acids is 1. The van der Waals surface area contributed by atoms with Crippen LogP contribution in [-0.4, -0.2) is 33.7 Å². The summed E-state index contributed by atoms with van der Waals surface area (Å²) >= 11 is 1.35. The standard InChI is InChI=1S/C17H19N3O3S/c1-20(10-12-4-5-14(22-2)15(8-12)23-3)11-16(21)19-17-13(9-18)6-7-24-17/h4-8H,10-11H2,1-3H3,(H,19,21)/p+1. The van der Waals surface area contributed by atoms with E-state index in [0.717, 1.165) is 10.5 Å². The Morgan fingerprint density at radius 2 is 2.04 bits per heavy atom. The van der Waals surface area contributed by atoms with E-state index >= 15 is 0 Å². The number of amides is 1. The van der Waals surface area contributed by atoms with E-state index in [2.05, 4.69) is 11.4 Å². The molecule has 2 N–H and O–H groups in total. The van der Waals surface area contributed by atoms with Gasteiger partial charge >= 0.3 is 0 Å². The molecule has 2 rings (SSSR count). The minimum absolute atomic E-state index is 0.119. The summed E-state index contributed by atoms with van der Waals surface area (Å²) in [5.74, 6) is 1.23. The third kappa shape index (κ3) is 4.47. The molecular weight excluding hydrogens is 326 g/mol. The Morgan fingerprint density at radius 1 is 1.29 bits per heavy atom. The molecule has 1 amide bonds. The molecule has 0 spiro atoms. The lowest BCUT2D eigenvalue weighted by Gasteiger charge is -2.15. The summed E-state index contributed by atoms with van der Waals surface area (Å²) in [5, 5.41) is 14.1. The Labute approximate surface area is 145 Å². The molecule has 1 aromatic carbocycles. The molecule has 0 aliphatic carbocycles. The summed E-state index contributed by atoms with van der Waals surface area (Å²) < 4.78 is 10.5. The Bertz CT molecular complexity index is 752.